The molecule has 0 aliphatic carbocycles. The van der Waals surface area contributed by atoms with Gasteiger partial charge in [-0.25, -0.2) is 9.78 Å². The van der Waals surface area contributed by atoms with Crippen molar-refractivity contribution in [2.45, 2.75) is 6.61 Å². The number of thiophene rings is 1. The fourth-order valence-electron chi connectivity index (χ4n) is 2.39. The van der Waals surface area contributed by atoms with Crippen LogP contribution in [0.1, 0.15) is 25.9 Å². The average Bonchev–Trinajstić information content (AvgIpc) is 3.48. The minimum Gasteiger partial charge on any atom is -0.459 e. The second-order valence-corrected chi connectivity index (χ2v) is 6.77. The van der Waals surface area contributed by atoms with E-state index >= 15 is 0 Å². The zero-order chi connectivity index (χ0) is 19.3. The molecule has 140 valence electrons. The zero-order valence-corrected chi connectivity index (χ0v) is 15.3. The molecule has 3 aromatic heterocycles. The number of nitrogens with one attached hydrogen (secondary N) is 1. The number of hydrogen-bond acceptors (Lipinski definition) is 7. The van der Waals surface area contributed by atoms with E-state index in [1.807, 2.05) is 30.3 Å². The van der Waals surface area contributed by atoms with Crippen molar-refractivity contribution in [2.75, 3.05) is 5.32 Å². The molecule has 0 aliphatic heterocycles. The van der Waals surface area contributed by atoms with Gasteiger partial charge < -0.3 is 18.9 Å². The van der Waals surface area contributed by atoms with E-state index in [2.05, 4.69) is 10.3 Å². The molecular formula is C20H14N2O5S. The molecule has 1 aromatic carbocycles. The number of amides is 1. The van der Waals surface area contributed by atoms with Crippen LogP contribution in [0.3, 0.4) is 0 Å². The highest BCUT2D eigenvalue weighted by atomic mass is 32.1. The van der Waals surface area contributed by atoms with Crippen molar-refractivity contribution in [3.8, 4) is 11.5 Å². The first kappa shape index (κ1) is 17.7. The lowest BCUT2D eigenvalue weighted by atomic mass is 10.2. The van der Waals surface area contributed by atoms with Crippen LogP contribution in [0, 0.1) is 0 Å². The fourth-order valence-corrected chi connectivity index (χ4v) is 3.19. The summed E-state index contributed by atoms with van der Waals surface area (Å²) < 4.78 is 15.7. The van der Waals surface area contributed by atoms with Gasteiger partial charge in [0, 0.05) is 5.56 Å². The first-order valence-corrected chi connectivity index (χ1v) is 9.12. The van der Waals surface area contributed by atoms with Crippen LogP contribution in [0.2, 0.25) is 0 Å². The number of carbonyl (C=O) groups is 2. The molecule has 0 spiro atoms. The van der Waals surface area contributed by atoms with E-state index in [0.717, 1.165) is 16.9 Å². The second-order valence-electron chi connectivity index (χ2n) is 5.68. The molecule has 1 amide bonds. The SMILES string of the molecule is O=C(Nc1ccc(C(=O)OCc2coc(-c3ccccc3)n2)s1)c1ccco1. The number of oxazole rings is 1. The third-order valence-electron chi connectivity index (χ3n) is 3.71. The van der Waals surface area contributed by atoms with Crippen molar-refractivity contribution in [3.63, 3.8) is 0 Å². The highest BCUT2D eigenvalue weighted by Gasteiger charge is 2.15. The molecule has 1 N–H and O–H groups in total. The Morgan fingerprint density at radius 2 is 1.89 bits per heavy atom. The summed E-state index contributed by atoms with van der Waals surface area (Å²) in [4.78, 5) is 28.8. The first-order chi connectivity index (χ1) is 13.7. The van der Waals surface area contributed by atoms with Gasteiger partial charge in [0.2, 0.25) is 5.89 Å². The molecule has 0 radical (unpaired) electrons. The number of rotatable bonds is 6. The molecule has 28 heavy (non-hydrogen) atoms. The van der Waals surface area contributed by atoms with Crippen molar-refractivity contribution in [1.29, 1.82) is 0 Å². The molecule has 0 saturated heterocycles. The van der Waals surface area contributed by atoms with Gasteiger partial charge in [-0.1, -0.05) is 18.2 Å². The first-order valence-electron chi connectivity index (χ1n) is 8.31. The van der Waals surface area contributed by atoms with Crippen molar-refractivity contribution < 1.29 is 23.2 Å². The molecule has 7 nitrogen and oxygen atoms in total. The maximum Gasteiger partial charge on any atom is 0.348 e. The number of esters is 1. The Balaban J connectivity index is 1.34. The van der Waals surface area contributed by atoms with Crippen molar-refractivity contribution in [3.05, 3.63) is 83.5 Å². The van der Waals surface area contributed by atoms with E-state index < -0.39 is 5.97 Å². The number of benzene rings is 1. The van der Waals surface area contributed by atoms with Crippen molar-refractivity contribution >= 4 is 28.2 Å². The van der Waals surface area contributed by atoms with Gasteiger partial charge in [-0.15, -0.1) is 11.3 Å². The molecule has 4 aromatic rings. The van der Waals surface area contributed by atoms with E-state index in [9.17, 15) is 9.59 Å². The summed E-state index contributed by atoms with van der Waals surface area (Å²) in [6, 6.07) is 15.8. The Hall–Kier alpha value is -3.65. The second kappa shape index (κ2) is 7.93. The smallest absolute Gasteiger partial charge is 0.348 e. The predicted octanol–water partition coefficient (Wildman–Crippen LogP) is 4.61. The van der Waals surface area contributed by atoms with Gasteiger partial charge >= 0.3 is 5.97 Å². The lowest BCUT2D eigenvalue weighted by Crippen LogP contribution is -2.09. The fraction of sp³-hybridized carbons (Fsp3) is 0.0500. The van der Waals surface area contributed by atoms with Gasteiger partial charge in [0.1, 0.15) is 23.4 Å². The Labute approximate surface area is 163 Å². The summed E-state index contributed by atoms with van der Waals surface area (Å²) in [6.45, 7) is -0.0127. The molecule has 0 bridgehead atoms. The van der Waals surface area contributed by atoms with Crippen LogP contribution in [-0.2, 0) is 11.3 Å². The van der Waals surface area contributed by atoms with Crippen LogP contribution in [0.5, 0.6) is 0 Å². The summed E-state index contributed by atoms with van der Waals surface area (Å²) >= 11 is 1.11. The van der Waals surface area contributed by atoms with E-state index in [4.69, 9.17) is 13.6 Å². The summed E-state index contributed by atoms with van der Waals surface area (Å²) in [7, 11) is 0. The number of nitrogens with zero attached hydrogens (tertiary/aromatic N) is 1. The van der Waals surface area contributed by atoms with Gasteiger partial charge in [0.15, 0.2) is 5.76 Å². The third-order valence-corrected chi connectivity index (χ3v) is 4.69. The van der Waals surface area contributed by atoms with Gasteiger partial charge in [0.25, 0.3) is 5.91 Å². The number of carbonyl (C=O) groups excluding carboxylic acids is 2. The van der Waals surface area contributed by atoms with E-state index in [1.54, 1.807) is 24.3 Å². The Kier molecular flexibility index (Phi) is 5.03. The number of anilines is 1. The van der Waals surface area contributed by atoms with Gasteiger partial charge in [-0.05, 0) is 36.4 Å². The topological polar surface area (TPSA) is 94.6 Å². The maximum atomic E-state index is 12.2. The molecule has 0 unspecified atom stereocenters. The van der Waals surface area contributed by atoms with Gasteiger partial charge in [-0.3, -0.25) is 4.79 Å². The lowest BCUT2D eigenvalue weighted by Gasteiger charge is -2.00. The molecule has 0 atom stereocenters. The normalized spacial score (nSPS) is 10.6. The van der Waals surface area contributed by atoms with Crippen LogP contribution in [-0.4, -0.2) is 16.9 Å². The number of furan rings is 1. The molecule has 0 fully saturated rings. The molecule has 4 rings (SSSR count). The number of hydrogen-bond donors (Lipinski definition) is 1. The highest BCUT2D eigenvalue weighted by molar-refractivity contribution is 7.18. The Morgan fingerprint density at radius 3 is 2.68 bits per heavy atom. The molecular weight excluding hydrogens is 380 g/mol. The molecule has 0 aliphatic rings. The molecule has 3 heterocycles. The van der Waals surface area contributed by atoms with Crippen LogP contribution in [0.25, 0.3) is 11.5 Å². The number of aromatic nitrogens is 1. The van der Waals surface area contributed by atoms with Crippen LogP contribution in [0.4, 0.5) is 5.00 Å². The molecule has 8 heteroatoms. The Bertz CT molecular complexity index is 1080. The van der Waals surface area contributed by atoms with Crippen molar-refractivity contribution in [2.24, 2.45) is 0 Å². The van der Waals surface area contributed by atoms with Gasteiger partial charge in [-0.2, -0.15) is 0 Å². The largest absolute Gasteiger partial charge is 0.459 e. The summed E-state index contributed by atoms with van der Waals surface area (Å²) in [6.07, 6.45) is 2.87. The van der Waals surface area contributed by atoms with Crippen LogP contribution >= 0.6 is 11.3 Å². The highest BCUT2D eigenvalue weighted by Crippen LogP contribution is 2.24. The lowest BCUT2D eigenvalue weighted by molar-refractivity contribution is 0.0473. The quantitative estimate of drug-likeness (QED) is 0.480. The average molecular weight is 394 g/mol. The summed E-state index contributed by atoms with van der Waals surface area (Å²) in [5.41, 5.74) is 1.35. The minimum atomic E-state index is -0.507. The van der Waals surface area contributed by atoms with E-state index in [-0.39, 0.29) is 18.3 Å². The summed E-state index contributed by atoms with van der Waals surface area (Å²) in [5.74, 6) is -0.237. The zero-order valence-electron chi connectivity index (χ0n) is 14.5. The Morgan fingerprint density at radius 1 is 1.04 bits per heavy atom. The van der Waals surface area contributed by atoms with E-state index in [0.29, 0.717) is 21.5 Å². The van der Waals surface area contributed by atoms with E-state index in [1.165, 1.54) is 12.5 Å². The van der Waals surface area contributed by atoms with Crippen LogP contribution < -0.4 is 5.32 Å². The predicted molar refractivity (Wildman–Crippen MR) is 102 cm³/mol. The van der Waals surface area contributed by atoms with Crippen molar-refractivity contribution in [1.82, 2.24) is 4.98 Å². The number of ether oxygens (including phenoxy) is 1. The monoisotopic (exact) mass is 394 g/mol. The standard InChI is InChI=1S/C20H14N2O5S/c23-18(15-7-4-10-25-15)22-17-9-8-16(28-17)20(24)27-12-14-11-26-19(21-14)13-5-2-1-3-6-13/h1-11H,12H2,(H,22,23). The summed E-state index contributed by atoms with van der Waals surface area (Å²) in [5, 5.41) is 3.18. The maximum absolute atomic E-state index is 12.2. The third kappa shape index (κ3) is 4.02. The van der Waals surface area contributed by atoms with Crippen LogP contribution in [0.15, 0.2) is 76.0 Å². The van der Waals surface area contributed by atoms with Gasteiger partial charge in [0.05, 0.1) is 11.3 Å². The minimum absolute atomic E-state index is 0.0127. The molecule has 0 saturated carbocycles.